The zero-order valence-electron chi connectivity index (χ0n) is 17.9. The number of nitrogens with two attached hydrogens (primary N) is 1. The predicted octanol–water partition coefficient (Wildman–Crippen LogP) is 2.19. The van der Waals surface area contributed by atoms with Gasteiger partial charge in [0.2, 0.25) is 11.7 Å². The maximum atomic E-state index is 14.1. The van der Waals surface area contributed by atoms with Gasteiger partial charge in [-0.15, -0.1) is 0 Å². The van der Waals surface area contributed by atoms with E-state index in [9.17, 15) is 31.9 Å². The van der Waals surface area contributed by atoms with Crippen molar-refractivity contribution in [3.63, 3.8) is 0 Å². The molecule has 0 fully saturated rings. The smallest absolute Gasteiger partial charge is 0.433 e. The molecule has 0 atom stereocenters. The van der Waals surface area contributed by atoms with E-state index in [2.05, 4.69) is 15.4 Å². The number of ketones is 1. The Morgan fingerprint density at radius 1 is 1.16 bits per heavy atom. The number of esters is 1. The molecule has 0 saturated carbocycles. The van der Waals surface area contributed by atoms with Crippen molar-refractivity contribution in [2.45, 2.75) is 33.5 Å². The molecule has 176 valence electrons. The lowest BCUT2D eigenvalue weighted by Gasteiger charge is -2.18. The fraction of sp³-hybridized carbons (Fsp3) is 0.400. The number of benzene rings is 1. The number of hydrogen-bond acceptors (Lipinski definition) is 7. The van der Waals surface area contributed by atoms with Crippen LogP contribution in [-0.2, 0) is 20.9 Å². The molecule has 0 unspecified atom stereocenters. The molecule has 1 aromatic carbocycles. The van der Waals surface area contributed by atoms with Crippen LogP contribution in [0.15, 0.2) is 29.6 Å². The molecule has 32 heavy (non-hydrogen) atoms. The van der Waals surface area contributed by atoms with Crippen LogP contribution in [0.3, 0.4) is 0 Å². The van der Waals surface area contributed by atoms with E-state index < -0.39 is 58.4 Å². The van der Waals surface area contributed by atoms with Gasteiger partial charge in [-0.3, -0.25) is 15.0 Å². The third-order valence-electron chi connectivity index (χ3n) is 4.08. The van der Waals surface area contributed by atoms with Gasteiger partial charge >= 0.3 is 12.1 Å². The molecule has 0 saturated heterocycles. The molecule has 1 amide bonds. The Morgan fingerprint density at radius 2 is 1.75 bits per heavy atom. The second-order valence-electron chi connectivity index (χ2n) is 7.66. The van der Waals surface area contributed by atoms with E-state index in [0.717, 1.165) is 19.2 Å². The van der Waals surface area contributed by atoms with Gasteiger partial charge in [0.15, 0.2) is 12.3 Å². The van der Waals surface area contributed by atoms with Crippen molar-refractivity contribution >= 4 is 23.4 Å². The first kappa shape index (κ1) is 26.6. The lowest BCUT2D eigenvalue weighted by atomic mass is 9.95. The molecule has 12 heteroatoms. The van der Waals surface area contributed by atoms with Crippen molar-refractivity contribution in [3.05, 3.63) is 46.5 Å². The number of alkyl halides is 3. The minimum absolute atomic E-state index is 0.00914. The Labute approximate surface area is 181 Å². The van der Waals surface area contributed by atoms with Gasteiger partial charge in [0.1, 0.15) is 17.2 Å². The molecule has 0 aliphatic carbocycles. The molecule has 0 heterocycles. The fourth-order valence-electron chi connectivity index (χ4n) is 2.24. The van der Waals surface area contributed by atoms with E-state index in [4.69, 9.17) is 11.1 Å². The zero-order chi connectivity index (χ0) is 24.9. The van der Waals surface area contributed by atoms with Crippen molar-refractivity contribution in [1.29, 1.82) is 5.41 Å². The summed E-state index contributed by atoms with van der Waals surface area (Å²) in [4.78, 5) is 36.3. The van der Waals surface area contributed by atoms with Gasteiger partial charge in [-0.25, -0.2) is 9.18 Å². The van der Waals surface area contributed by atoms with Crippen LogP contribution >= 0.6 is 0 Å². The van der Waals surface area contributed by atoms with Crippen LogP contribution < -0.4 is 16.4 Å². The fourth-order valence-corrected chi connectivity index (χ4v) is 2.24. The summed E-state index contributed by atoms with van der Waals surface area (Å²) in [5.74, 6) is -4.74. The van der Waals surface area contributed by atoms with E-state index in [1.807, 2.05) is 0 Å². The standard InChI is InChI=1S/C20H24F4N4O4/c1-19(2,3)18(31)28-8-10-5-6-12(21)11(7-10)13(29)9-32-17(30)14(16(26)27-4)15(25)20(22,23)24/h5-7,25,27H,8-9,26H2,1-4H3,(H,28,31)/b16-14+,25-15?. The van der Waals surface area contributed by atoms with Gasteiger partial charge in [0.05, 0.1) is 5.56 Å². The predicted molar refractivity (Wildman–Crippen MR) is 107 cm³/mol. The molecule has 8 nitrogen and oxygen atoms in total. The van der Waals surface area contributed by atoms with Crippen molar-refractivity contribution in [2.24, 2.45) is 11.1 Å². The lowest BCUT2D eigenvalue weighted by molar-refractivity contribution is -0.138. The number of Topliss-reactive ketones (excluding diaryl/α,β-unsaturated/α-hetero) is 1. The molecular weight excluding hydrogens is 436 g/mol. The van der Waals surface area contributed by atoms with Crippen LogP contribution in [0.2, 0.25) is 0 Å². The second kappa shape index (κ2) is 10.2. The quantitative estimate of drug-likeness (QED) is 0.154. The van der Waals surface area contributed by atoms with Gasteiger partial charge < -0.3 is 21.1 Å². The highest BCUT2D eigenvalue weighted by atomic mass is 19.4. The topological polar surface area (TPSA) is 134 Å². The summed E-state index contributed by atoms with van der Waals surface area (Å²) >= 11 is 0. The second-order valence-corrected chi connectivity index (χ2v) is 7.66. The Balaban J connectivity index is 2.97. The van der Waals surface area contributed by atoms with Crippen LogP contribution in [0.25, 0.3) is 0 Å². The van der Waals surface area contributed by atoms with Crippen molar-refractivity contribution in [1.82, 2.24) is 10.6 Å². The Hall–Kier alpha value is -3.44. The average molecular weight is 460 g/mol. The van der Waals surface area contributed by atoms with E-state index >= 15 is 0 Å². The number of halogens is 4. The molecule has 1 aromatic rings. The highest BCUT2D eigenvalue weighted by molar-refractivity contribution is 6.21. The van der Waals surface area contributed by atoms with Gasteiger partial charge in [-0.05, 0) is 17.7 Å². The Kier molecular flexibility index (Phi) is 8.52. The zero-order valence-corrected chi connectivity index (χ0v) is 17.9. The third-order valence-corrected chi connectivity index (χ3v) is 4.08. The molecule has 0 spiro atoms. The van der Waals surface area contributed by atoms with Gasteiger partial charge in [-0.1, -0.05) is 26.8 Å². The highest BCUT2D eigenvalue weighted by Gasteiger charge is 2.41. The summed E-state index contributed by atoms with van der Waals surface area (Å²) in [5.41, 5.74) is 1.15. The van der Waals surface area contributed by atoms with E-state index in [1.54, 1.807) is 20.8 Å². The first-order valence-corrected chi connectivity index (χ1v) is 9.20. The van der Waals surface area contributed by atoms with E-state index in [1.165, 1.54) is 6.07 Å². The van der Waals surface area contributed by atoms with E-state index in [0.29, 0.717) is 5.56 Å². The minimum atomic E-state index is -5.20. The number of hydrogen-bond donors (Lipinski definition) is 4. The summed E-state index contributed by atoms with van der Waals surface area (Å²) in [5, 5.41) is 11.8. The highest BCUT2D eigenvalue weighted by Crippen LogP contribution is 2.23. The minimum Gasteiger partial charge on any atom is -0.454 e. The molecule has 0 aromatic heterocycles. The van der Waals surface area contributed by atoms with Crippen LogP contribution in [0, 0.1) is 16.6 Å². The Bertz CT molecular complexity index is 950. The van der Waals surface area contributed by atoms with Crippen LogP contribution in [0.5, 0.6) is 0 Å². The number of amides is 1. The van der Waals surface area contributed by atoms with Crippen molar-refractivity contribution < 1.29 is 36.7 Å². The summed E-state index contributed by atoms with van der Waals surface area (Å²) in [6.45, 7) is 3.97. The lowest BCUT2D eigenvalue weighted by Crippen LogP contribution is -2.34. The maximum absolute atomic E-state index is 14.1. The first-order valence-electron chi connectivity index (χ1n) is 9.20. The van der Waals surface area contributed by atoms with Crippen molar-refractivity contribution in [3.8, 4) is 0 Å². The summed E-state index contributed by atoms with van der Waals surface area (Å²) in [6, 6.07) is 3.43. The van der Waals surface area contributed by atoms with E-state index in [-0.39, 0.29) is 12.5 Å². The SMILES string of the molecule is CN/C(N)=C(\C(=N)C(F)(F)F)C(=O)OCC(=O)c1cc(CNC(=O)C(C)(C)C)ccc1F. The molecule has 0 bridgehead atoms. The average Bonchev–Trinajstić information content (AvgIpc) is 2.69. The normalized spacial score (nSPS) is 12.5. The van der Waals surface area contributed by atoms with Crippen LogP contribution in [-0.4, -0.2) is 43.2 Å². The summed E-state index contributed by atoms with van der Waals surface area (Å²) < 4.78 is 57.1. The molecule has 5 N–H and O–H groups in total. The van der Waals surface area contributed by atoms with Gasteiger partial charge in [0.25, 0.3) is 0 Å². The number of carbonyl (C=O) groups excluding carboxylic acids is 3. The molecule has 0 aliphatic heterocycles. The largest absolute Gasteiger partial charge is 0.454 e. The maximum Gasteiger partial charge on any atom is 0.433 e. The molecule has 0 aliphatic rings. The summed E-state index contributed by atoms with van der Waals surface area (Å²) in [6.07, 6.45) is -5.20. The Morgan fingerprint density at radius 3 is 2.25 bits per heavy atom. The van der Waals surface area contributed by atoms with Crippen LogP contribution in [0.1, 0.15) is 36.7 Å². The first-order chi connectivity index (χ1) is 14.6. The monoisotopic (exact) mass is 460 g/mol. The van der Waals surface area contributed by atoms with Gasteiger partial charge in [0, 0.05) is 19.0 Å². The van der Waals surface area contributed by atoms with Gasteiger partial charge in [-0.2, -0.15) is 13.2 Å². The number of carbonyl (C=O) groups is 3. The molecule has 1 rings (SSSR count). The molecule has 0 radical (unpaired) electrons. The third kappa shape index (κ3) is 7.06. The van der Waals surface area contributed by atoms with Crippen LogP contribution in [0.4, 0.5) is 17.6 Å². The number of ether oxygens (including phenoxy) is 1. The van der Waals surface area contributed by atoms with Crippen molar-refractivity contribution in [2.75, 3.05) is 13.7 Å². The molecular formula is C20H24F4N4O4. The summed E-state index contributed by atoms with van der Waals surface area (Å²) in [7, 11) is 1.12. The number of nitrogens with one attached hydrogen (secondary N) is 3. The number of rotatable bonds is 8.